The normalized spacial score (nSPS) is 37.4. The summed E-state index contributed by atoms with van der Waals surface area (Å²) in [7, 11) is 0. The molecule has 0 aliphatic carbocycles. The molecule has 3 nitrogen and oxygen atoms in total. The number of hydrogen-bond donors (Lipinski definition) is 0. The van der Waals surface area contributed by atoms with Crippen molar-refractivity contribution in [3.8, 4) is 0 Å². The largest absolute Gasteiger partial charge is 0.305 e. The predicted molar refractivity (Wildman–Crippen MR) is 38.5 cm³/mol. The van der Waals surface area contributed by atoms with Crippen LogP contribution in [-0.4, -0.2) is 16.4 Å². The SMILES string of the molecule is C[C@H]1CC[C@H](C)OS(=O)O1. The second-order valence-electron chi connectivity index (χ2n) is 2.60. The Kier molecular flexibility index (Phi) is 2.82. The van der Waals surface area contributed by atoms with Gasteiger partial charge in [0.1, 0.15) is 0 Å². The minimum absolute atomic E-state index is 0.0609. The summed E-state index contributed by atoms with van der Waals surface area (Å²) in [6.45, 7) is 3.80. The highest BCUT2D eigenvalue weighted by atomic mass is 32.2. The van der Waals surface area contributed by atoms with Crippen LogP contribution in [0, 0.1) is 0 Å². The molecule has 0 aromatic carbocycles. The molecule has 0 spiro atoms. The first-order valence-corrected chi connectivity index (χ1v) is 4.44. The van der Waals surface area contributed by atoms with Crippen LogP contribution in [0.1, 0.15) is 26.7 Å². The quantitative estimate of drug-likeness (QED) is 0.539. The van der Waals surface area contributed by atoms with Gasteiger partial charge in [-0.25, -0.2) is 0 Å². The Morgan fingerprint density at radius 2 is 1.60 bits per heavy atom. The molecule has 0 bridgehead atoms. The molecule has 1 aliphatic rings. The Labute approximate surface area is 63.6 Å². The maximum absolute atomic E-state index is 10.8. The molecule has 1 saturated heterocycles. The Bertz CT molecular complexity index is 123. The first kappa shape index (κ1) is 8.17. The minimum Gasteiger partial charge on any atom is -0.265 e. The van der Waals surface area contributed by atoms with Crippen molar-refractivity contribution >= 4 is 11.4 Å². The summed E-state index contributed by atoms with van der Waals surface area (Å²) in [5, 5.41) is 0. The molecule has 0 aromatic heterocycles. The lowest BCUT2D eigenvalue weighted by Crippen LogP contribution is -2.08. The van der Waals surface area contributed by atoms with E-state index in [1.165, 1.54) is 0 Å². The summed E-state index contributed by atoms with van der Waals surface area (Å²) < 4.78 is 20.6. The van der Waals surface area contributed by atoms with Crippen molar-refractivity contribution in [2.75, 3.05) is 0 Å². The van der Waals surface area contributed by atoms with Crippen LogP contribution in [0.2, 0.25) is 0 Å². The average Bonchev–Trinajstić information content (AvgIpc) is 1.93. The van der Waals surface area contributed by atoms with Gasteiger partial charge in [-0.2, -0.15) is 4.21 Å². The predicted octanol–water partition coefficient (Wildman–Crippen LogP) is 1.17. The molecule has 1 heterocycles. The van der Waals surface area contributed by atoms with E-state index in [0.29, 0.717) is 0 Å². The lowest BCUT2D eigenvalue weighted by molar-refractivity contribution is 0.208. The zero-order valence-electron chi connectivity index (χ0n) is 6.20. The summed E-state index contributed by atoms with van der Waals surface area (Å²) in [5.74, 6) is 0. The average molecular weight is 164 g/mol. The van der Waals surface area contributed by atoms with E-state index in [9.17, 15) is 4.21 Å². The van der Waals surface area contributed by atoms with E-state index in [1.807, 2.05) is 13.8 Å². The standard InChI is InChI=1S/C6H12O3S/c1-5-3-4-6(2)9-10(7)8-5/h5-6H,3-4H2,1-2H3/t5-,6-/m0/s1. The summed E-state index contributed by atoms with van der Waals surface area (Å²) in [6, 6.07) is 0. The highest BCUT2D eigenvalue weighted by Crippen LogP contribution is 2.15. The van der Waals surface area contributed by atoms with Gasteiger partial charge >= 0.3 is 11.4 Å². The van der Waals surface area contributed by atoms with Crippen LogP contribution in [-0.2, 0) is 19.7 Å². The molecular weight excluding hydrogens is 152 g/mol. The maximum atomic E-state index is 10.8. The summed E-state index contributed by atoms with van der Waals surface area (Å²) in [4.78, 5) is 0. The van der Waals surface area contributed by atoms with Crippen molar-refractivity contribution in [3.05, 3.63) is 0 Å². The minimum atomic E-state index is -1.52. The van der Waals surface area contributed by atoms with E-state index in [4.69, 9.17) is 8.37 Å². The Balaban J connectivity index is 2.46. The van der Waals surface area contributed by atoms with E-state index in [0.717, 1.165) is 12.8 Å². The van der Waals surface area contributed by atoms with Gasteiger partial charge in [-0.15, -0.1) is 0 Å². The van der Waals surface area contributed by atoms with E-state index >= 15 is 0 Å². The van der Waals surface area contributed by atoms with Crippen molar-refractivity contribution in [1.82, 2.24) is 0 Å². The topological polar surface area (TPSA) is 35.5 Å². The van der Waals surface area contributed by atoms with Gasteiger partial charge in [0.2, 0.25) is 0 Å². The van der Waals surface area contributed by atoms with Gasteiger partial charge in [0.05, 0.1) is 12.2 Å². The van der Waals surface area contributed by atoms with Crippen LogP contribution in [0.4, 0.5) is 0 Å². The Hall–Kier alpha value is 0.0700. The van der Waals surface area contributed by atoms with Crippen molar-refractivity contribution < 1.29 is 12.6 Å². The lowest BCUT2D eigenvalue weighted by Gasteiger charge is -2.03. The summed E-state index contributed by atoms with van der Waals surface area (Å²) in [6.07, 6.45) is 1.97. The van der Waals surface area contributed by atoms with E-state index in [1.54, 1.807) is 0 Å². The smallest absolute Gasteiger partial charge is 0.265 e. The molecule has 1 aliphatic heterocycles. The highest BCUT2D eigenvalue weighted by Gasteiger charge is 2.18. The second-order valence-corrected chi connectivity index (χ2v) is 3.39. The molecule has 2 atom stereocenters. The molecule has 60 valence electrons. The molecule has 0 radical (unpaired) electrons. The van der Waals surface area contributed by atoms with Crippen LogP contribution in [0.25, 0.3) is 0 Å². The van der Waals surface area contributed by atoms with Crippen molar-refractivity contribution in [2.24, 2.45) is 0 Å². The fourth-order valence-electron chi connectivity index (χ4n) is 0.857. The molecule has 1 fully saturated rings. The van der Waals surface area contributed by atoms with Crippen molar-refractivity contribution in [3.63, 3.8) is 0 Å². The van der Waals surface area contributed by atoms with Crippen molar-refractivity contribution in [2.45, 2.75) is 38.9 Å². The third-order valence-electron chi connectivity index (χ3n) is 1.47. The molecule has 0 N–H and O–H groups in total. The van der Waals surface area contributed by atoms with Gasteiger partial charge in [-0.05, 0) is 26.7 Å². The molecular formula is C6H12O3S. The Morgan fingerprint density at radius 3 is 2.00 bits per heavy atom. The zero-order chi connectivity index (χ0) is 7.56. The fourth-order valence-corrected chi connectivity index (χ4v) is 1.63. The van der Waals surface area contributed by atoms with Gasteiger partial charge in [0.25, 0.3) is 0 Å². The molecule has 1 rings (SSSR count). The van der Waals surface area contributed by atoms with Crippen LogP contribution in [0.15, 0.2) is 0 Å². The highest BCUT2D eigenvalue weighted by molar-refractivity contribution is 7.75. The molecule has 0 aromatic rings. The molecule has 0 amide bonds. The number of rotatable bonds is 0. The van der Waals surface area contributed by atoms with Gasteiger partial charge in [-0.1, -0.05) is 0 Å². The van der Waals surface area contributed by atoms with Gasteiger partial charge in [-0.3, -0.25) is 8.37 Å². The molecule has 10 heavy (non-hydrogen) atoms. The third kappa shape index (κ3) is 2.36. The third-order valence-corrected chi connectivity index (χ3v) is 2.44. The lowest BCUT2D eigenvalue weighted by atomic mass is 10.1. The van der Waals surface area contributed by atoms with Crippen LogP contribution in [0.5, 0.6) is 0 Å². The van der Waals surface area contributed by atoms with Gasteiger partial charge in [0.15, 0.2) is 0 Å². The van der Waals surface area contributed by atoms with E-state index in [2.05, 4.69) is 0 Å². The van der Waals surface area contributed by atoms with E-state index in [-0.39, 0.29) is 12.2 Å². The van der Waals surface area contributed by atoms with Gasteiger partial charge < -0.3 is 0 Å². The fraction of sp³-hybridized carbons (Fsp3) is 1.00. The first-order valence-electron chi connectivity index (χ1n) is 3.44. The summed E-state index contributed by atoms with van der Waals surface area (Å²) >= 11 is -1.52. The van der Waals surface area contributed by atoms with Crippen LogP contribution in [0.3, 0.4) is 0 Å². The van der Waals surface area contributed by atoms with Crippen LogP contribution < -0.4 is 0 Å². The van der Waals surface area contributed by atoms with Gasteiger partial charge in [0, 0.05) is 0 Å². The summed E-state index contributed by atoms with van der Waals surface area (Å²) in [5.41, 5.74) is 0. The molecule has 0 unspecified atom stereocenters. The van der Waals surface area contributed by atoms with Crippen LogP contribution >= 0.6 is 0 Å². The second kappa shape index (κ2) is 3.46. The molecule has 0 saturated carbocycles. The molecule has 4 heteroatoms. The van der Waals surface area contributed by atoms with Crippen molar-refractivity contribution in [1.29, 1.82) is 0 Å². The first-order chi connectivity index (χ1) is 4.68. The van der Waals surface area contributed by atoms with E-state index < -0.39 is 11.4 Å². The number of hydrogen-bond acceptors (Lipinski definition) is 3. The zero-order valence-corrected chi connectivity index (χ0v) is 7.02. The Morgan fingerprint density at radius 1 is 1.20 bits per heavy atom. The monoisotopic (exact) mass is 164 g/mol. The maximum Gasteiger partial charge on any atom is 0.305 e.